The van der Waals surface area contributed by atoms with Gasteiger partial charge in [-0.05, 0) is 49.1 Å². The Bertz CT molecular complexity index is 1110. The van der Waals surface area contributed by atoms with Crippen LogP contribution < -0.4 is 10.6 Å². The number of hydrogen-bond donors (Lipinski definition) is 2. The van der Waals surface area contributed by atoms with Gasteiger partial charge >= 0.3 is 6.03 Å². The molecule has 0 saturated carbocycles. The van der Waals surface area contributed by atoms with Gasteiger partial charge in [-0.1, -0.05) is 30.3 Å². The Labute approximate surface area is 186 Å². The molecular formula is C24H26FN5O2. The third kappa shape index (κ3) is 5.14. The van der Waals surface area contributed by atoms with Crippen molar-refractivity contribution in [2.24, 2.45) is 0 Å². The summed E-state index contributed by atoms with van der Waals surface area (Å²) in [5, 5.41) is 9.77. The number of carbonyl (C=O) groups excluding carboxylic acids is 2. The van der Waals surface area contributed by atoms with E-state index < -0.39 is 11.8 Å². The molecule has 7 nitrogen and oxygen atoms in total. The third-order valence-electron chi connectivity index (χ3n) is 5.76. The number of urea groups is 1. The monoisotopic (exact) mass is 435 g/mol. The number of likely N-dealkylation sites (tertiary alicyclic amines) is 1. The van der Waals surface area contributed by atoms with Gasteiger partial charge in [0.1, 0.15) is 11.6 Å². The summed E-state index contributed by atoms with van der Waals surface area (Å²) in [6.07, 6.45) is 3.54. The molecule has 0 unspecified atom stereocenters. The summed E-state index contributed by atoms with van der Waals surface area (Å²) in [7, 11) is 0. The predicted octanol–water partition coefficient (Wildman–Crippen LogP) is 4.38. The Morgan fingerprint density at radius 3 is 2.59 bits per heavy atom. The lowest BCUT2D eigenvalue weighted by Gasteiger charge is -2.33. The van der Waals surface area contributed by atoms with E-state index in [1.807, 2.05) is 36.1 Å². The fraction of sp³-hybridized carbons (Fsp3) is 0.292. The van der Waals surface area contributed by atoms with Crippen LogP contribution in [0.25, 0.3) is 0 Å². The first-order valence-electron chi connectivity index (χ1n) is 10.7. The van der Waals surface area contributed by atoms with E-state index in [1.165, 1.54) is 18.2 Å². The quantitative estimate of drug-likeness (QED) is 0.624. The first-order valence-corrected chi connectivity index (χ1v) is 10.7. The van der Waals surface area contributed by atoms with Crippen LogP contribution in [0, 0.1) is 12.7 Å². The Morgan fingerprint density at radius 2 is 1.84 bits per heavy atom. The lowest BCUT2D eigenvalue weighted by molar-refractivity contribution is -0.131. The van der Waals surface area contributed by atoms with E-state index >= 15 is 0 Å². The van der Waals surface area contributed by atoms with E-state index in [0.29, 0.717) is 31.0 Å². The normalized spacial score (nSPS) is 14.2. The molecule has 1 aliphatic rings. The smallest absolute Gasteiger partial charge is 0.324 e. The standard InChI is InChI=1S/C24H26FN5O2/c1-17-5-2-3-6-18(17)15-23(31)29-13-10-21(11-14-29)30-22(9-12-26-30)28-24(32)27-20-8-4-7-19(25)16-20/h2-9,12,16,21H,10-11,13-15H2,1H3,(H2,27,28,32). The number of aryl methyl sites for hydroxylation is 1. The number of carbonyl (C=O) groups is 2. The number of halogens is 1. The van der Waals surface area contributed by atoms with Gasteiger partial charge in [0.15, 0.2) is 0 Å². The van der Waals surface area contributed by atoms with E-state index in [-0.39, 0.29) is 11.9 Å². The van der Waals surface area contributed by atoms with E-state index in [9.17, 15) is 14.0 Å². The molecular weight excluding hydrogens is 409 g/mol. The third-order valence-corrected chi connectivity index (χ3v) is 5.76. The maximum Gasteiger partial charge on any atom is 0.324 e. The van der Waals surface area contributed by atoms with Crippen molar-refractivity contribution < 1.29 is 14.0 Å². The molecule has 2 heterocycles. The number of hydrogen-bond acceptors (Lipinski definition) is 3. The SMILES string of the molecule is Cc1ccccc1CC(=O)N1CCC(n2nccc2NC(=O)Nc2cccc(F)c2)CC1. The van der Waals surface area contributed by atoms with E-state index in [4.69, 9.17) is 0 Å². The minimum absolute atomic E-state index is 0.0805. The molecule has 1 saturated heterocycles. The summed E-state index contributed by atoms with van der Waals surface area (Å²) in [6, 6.07) is 15.0. The summed E-state index contributed by atoms with van der Waals surface area (Å²) in [4.78, 5) is 27.0. The highest BCUT2D eigenvalue weighted by Gasteiger charge is 2.26. The van der Waals surface area contributed by atoms with Crippen LogP contribution in [0.3, 0.4) is 0 Å². The average Bonchev–Trinajstić information content (AvgIpc) is 3.23. The molecule has 0 aliphatic carbocycles. The topological polar surface area (TPSA) is 79.3 Å². The highest BCUT2D eigenvalue weighted by molar-refractivity contribution is 5.99. The number of amides is 3. The molecule has 0 radical (unpaired) electrons. The summed E-state index contributed by atoms with van der Waals surface area (Å²) in [6.45, 7) is 3.31. The van der Waals surface area contributed by atoms with Crippen molar-refractivity contribution >= 4 is 23.4 Å². The summed E-state index contributed by atoms with van der Waals surface area (Å²) in [5.41, 5.74) is 2.55. The molecule has 166 valence electrons. The molecule has 0 spiro atoms. The first-order chi connectivity index (χ1) is 15.5. The van der Waals surface area contributed by atoms with Crippen molar-refractivity contribution in [1.29, 1.82) is 0 Å². The molecule has 32 heavy (non-hydrogen) atoms. The first kappa shape index (κ1) is 21.5. The number of anilines is 2. The molecule has 3 aromatic rings. The average molecular weight is 436 g/mol. The van der Waals surface area contributed by atoms with Gasteiger partial charge in [-0.3, -0.25) is 10.1 Å². The van der Waals surface area contributed by atoms with Crippen molar-refractivity contribution in [1.82, 2.24) is 14.7 Å². The van der Waals surface area contributed by atoms with Crippen LogP contribution in [0.1, 0.15) is 30.0 Å². The van der Waals surface area contributed by atoms with Crippen molar-refractivity contribution in [3.8, 4) is 0 Å². The Hall–Kier alpha value is -3.68. The van der Waals surface area contributed by atoms with E-state index in [1.54, 1.807) is 23.0 Å². The number of benzene rings is 2. The van der Waals surface area contributed by atoms with Gasteiger partial charge in [0.2, 0.25) is 5.91 Å². The van der Waals surface area contributed by atoms with Gasteiger partial charge in [0, 0.05) is 24.8 Å². The largest absolute Gasteiger partial charge is 0.342 e. The maximum absolute atomic E-state index is 13.3. The number of aromatic nitrogens is 2. The van der Waals surface area contributed by atoms with Crippen LogP contribution in [0.15, 0.2) is 60.8 Å². The summed E-state index contributed by atoms with van der Waals surface area (Å²) >= 11 is 0. The number of rotatable bonds is 5. The highest BCUT2D eigenvalue weighted by atomic mass is 19.1. The number of piperidine rings is 1. The lowest BCUT2D eigenvalue weighted by Crippen LogP contribution is -2.40. The minimum atomic E-state index is -0.469. The summed E-state index contributed by atoms with van der Waals surface area (Å²) in [5.74, 6) is 0.270. The Balaban J connectivity index is 1.32. The summed E-state index contributed by atoms with van der Waals surface area (Å²) < 4.78 is 15.1. The van der Waals surface area contributed by atoms with Crippen LogP contribution in [0.5, 0.6) is 0 Å². The Kier molecular flexibility index (Phi) is 6.49. The molecule has 0 bridgehead atoms. The van der Waals surface area contributed by atoms with E-state index in [0.717, 1.165) is 24.0 Å². The number of nitrogens with zero attached hydrogens (tertiary/aromatic N) is 3. The maximum atomic E-state index is 13.3. The van der Waals surface area contributed by atoms with Crippen LogP contribution in [-0.2, 0) is 11.2 Å². The van der Waals surface area contributed by atoms with Crippen LogP contribution in [0.4, 0.5) is 20.7 Å². The molecule has 3 amide bonds. The van der Waals surface area contributed by atoms with Gasteiger partial charge in [-0.25, -0.2) is 13.9 Å². The molecule has 4 rings (SSSR count). The zero-order valence-corrected chi connectivity index (χ0v) is 17.9. The van der Waals surface area contributed by atoms with Gasteiger partial charge < -0.3 is 10.2 Å². The lowest BCUT2D eigenvalue weighted by atomic mass is 10.0. The van der Waals surface area contributed by atoms with Crippen molar-refractivity contribution in [3.63, 3.8) is 0 Å². The van der Waals surface area contributed by atoms with Gasteiger partial charge in [0.25, 0.3) is 0 Å². The van der Waals surface area contributed by atoms with Gasteiger partial charge in [-0.15, -0.1) is 0 Å². The Morgan fingerprint density at radius 1 is 1.06 bits per heavy atom. The molecule has 1 aliphatic heterocycles. The molecule has 0 atom stereocenters. The van der Waals surface area contributed by atoms with Crippen molar-refractivity contribution in [2.75, 3.05) is 23.7 Å². The fourth-order valence-electron chi connectivity index (χ4n) is 3.99. The van der Waals surface area contributed by atoms with E-state index in [2.05, 4.69) is 15.7 Å². The van der Waals surface area contributed by atoms with Crippen LogP contribution >= 0.6 is 0 Å². The zero-order valence-electron chi connectivity index (χ0n) is 17.9. The van der Waals surface area contributed by atoms with Gasteiger partial charge in [-0.2, -0.15) is 5.10 Å². The van der Waals surface area contributed by atoms with Crippen LogP contribution in [-0.4, -0.2) is 39.7 Å². The van der Waals surface area contributed by atoms with Crippen molar-refractivity contribution in [2.45, 2.75) is 32.2 Å². The molecule has 1 aromatic heterocycles. The molecule has 8 heteroatoms. The minimum Gasteiger partial charge on any atom is -0.342 e. The van der Waals surface area contributed by atoms with Crippen molar-refractivity contribution in [3.05, 3.63) is 77.7 Å². The van der Waals surface area contributed by atoms with Gasteiger partial charge in [0.05, 0.1) is 18.7 Å². The second-order valence-electron chi connectivity index (χ2n) is 7.97. The molecule has 2 N–H and O–H groups in total. The highest BCUT2D eigenvalue weighted by Crippen LogP contribution is 2.26. The predicted molar refractivity (Wildman–Crippen MR) is 121 cm³/mol. The fourth-order valence-corrected chi connectivity index (χ4v) is 3.99. The second-order valence-corrected chi connectivity index (χ2v) is 7.97. The molecule has 1 fully saturated rings. The molecule has 2 aromatic carbocycles. The zero-order chi connectivity index (χ0) is 22.5. The van der Waals surface area contributed by atoms with Crippen LogP contribution in [0.2, 0.25) is 0 Å². The number of nitrogens with one attached hydrogen (secondary N) is 2. The second kappa shape index (κ2) is 9.64.